The molecule has 0 aliphatic heterocycles. The molecule has 1 unspecified atom stereocenters. The van der Waals surface area contributed by atoms with Crippen LogP contribution in [-0.4, -0.2) is 87.6 Å². The number of rotatable bonds is 15. The first-order valence-electron chi connectivity index (χ1n) is 7.51. The molecule has 0 radical (unpaired) electrons. The van der Waals surface area contributed by atoms with E-state index < -0.39 is 8.80 Å². The van der Waals surface area contributed by atoms with E-state index in [1.54, 1.807) is 13.8 Å². The van der Waals surface area contributed by atoms with Crippen molar-refractivity contribution < 1.29 is 38.4 Å². The summed E-state index contributed by atoms with van der Waals surface area (Å²) < 4.78 is 21.0. The van der Waals surface area contributed by atoms with Gasteiger partial charge in [-0.3, -0.25) is 0 Å². The number of aliphatic hydroxyl groups is 2. The highest BCUT2D eigenvalue weighted by molar-refractivity contribution is 6.59. The van der Waals surface area contributed by atoms with Gasteiger partial charge >= 0.3 is 8.80 Å². The summed E-state index contributed by atoms with van der Waals surface area (Å²) in [5, 5.41) is 17.5. The lowest BCUT2D eigenvalue weighted by molar-refractivity contribution is -0.0535. The van der Waals surface area contributed by atoms with Gasteiger partial charge in [-0.2, -0.15) is 0 Å². The Morgan fingerprint density at radius 2 is 1.55 bits per heavy atom. The van der Waals surface area contributed by atoms with Crippen LogP contribution in [0.2, 0.25) is 5.54 Å². The topological polar surface area (TPSA) is 118 Å². The lowest BCUT2D eigenvalue weighted by atomic mass is 10.3. The molecule has 9 heteroatoms. The number of hydrogen-bond acceptors (Lipinski definition) is 8. The van der Waals surface area contributed by atoms with E-state index >= 15 is 0 Å². The Balaban J connectivity index is 3.72. The van der Waals surface area contributed by atoms with Crippen molar-refractivity contribution in [2.75, 3.05) is 52.9 Å². The molecule has 0 aromatic carbocycles. The van der Waals surface area contributed by atoms with Crippen LogP contribution in [-0.2, 0) is 18.6 Å². The average molecular weight is 342 g/mol. The molecule has 0 amide bonds. The van der Waals surface area contributed by atoms with Gasteiger partial charge in [0.15, 0.2) is 0 Å². The van der Waals surface area contributed by atoms with Crippen molar-refractivity contribution in [3.05, 3.63) is 0 Å². The quantitative estimate of drug-likeness (QED) is 0.224. The van der Waals surface area contributed by atoms with Crippen LogP contribution in [0.1, 0.15) is 20.3 Å². The Kier molecular flexibility index (Phi) is 13.3. The van der Waals surface area contributed by atoms with Gasteiger partial charge in [-0.05, 0) is 6.42 Å². The van der Waals surface area contributed by atoms with Gasteiger partial charge in [0.1, 0.15) is 0 Å². The fourth-order valence-corrected chi connectivity index (χ4v) is 2.15. The van der Waals surface area contributed by atoms with Crippen LogP contribution in [0.15, 0.2) is 0 Å². The first-order valence-corrected chi connectivity index (χ1v) is 9.39. The van der Waals surface area contributed by atoms with Gasteiger partial charge in [0, 0.05) is 12.1 Å². The van der Waals surface area contributed by atoms with Crippen molar-refractivity contribution in [1.29, 1.82) is 0 Å². The van der Waals surface area contributed by atoms with Gasteiger partial charge in [-0.1, -0.05) is 13.8 Å². The molecule has 0 saturated heterocycles. The predicted molar refractivity (Wildman–Crippen MR) is 81.4 cm³/mol. The van der Waals surface area contributed by atoms with E-state index in [-0.39, 0.29) is 51.3 Å². The van der Waals surface area contributed by atoms with Crippen LogP contribution in [0.4, 0.5) is 0 Å². The molecule has 0 aliphatic carbocycles. The Morgan fingerprint density at radius 3 is 2.14 bits per heavy atom. The maximum Gasteiger partial charge on any atom is 0.498 e. The zero-order chi connectivity index (χ0) is 16.8. The van der Waals surface area contributed by atoms with Crippen molar-refractivity contribution in [1.82, 2.24) is 0 Å². The molecule has 0 spiro atoms. The highest BCUT2D eigenvalue weighted by Crippen LogP contribution is 2.15. The molecular weight excluding hydrogens is 312 g/mol. The third-order valence-electron chi connectivity index (χ3n) is 2.87. The summed E-state index contributed by atoms with van der Waals surface area (Å²) in [4.78, 5) is 19.2. The van der Waals surface area contributed by atoms with Crippen LogP contribution >= 0.6 is 0 Å². The molecule has 0 fully saturated rings. The van der Waals surface area contributed by atoms with Crippen molar-refractivity contribution in [2.45, 2.75) is 31.9 Å². The fraction of sp³-hybridized carbons (Fsp3) is 1.00. The second kappa shape index (κ2) is 13.3. The van der Waals surface area contributed by atoms with Crippen LogP contribution in [0, 0.1) is 0 Å². The largest absolute Gasteiger partial charge is 0.498 e. The molecule has 0 aromatic heterocycles. The Hall–Kier alpha value is -0.103. The second-order valence-electron chi connectivity index (χ2n) is 5.08. The highest BCUT2D eigenvalue weighted by Gasteiger charge is 2.36. The predicted octanol–water partition coefficient (Wildman–Crippen LogP) is -0.870. The second-order valence-corrected chi connectivity index (χ2v) is 7.84. The van der Waals surface area contributed by atoms with Crippen molar-refractivity contribution in [3.63, 3.8) is 0 Å². The lowest BCUT2D eigenvalue weighted by Crippen LogP contribution is -2.43. The maximum absolute atomic E-state index is 9.60. The molecule has 0 saturated carbocycles. The summed E-state index contributed by atoms with van der Waals surface area (Å²) in [6.07, 6.45) is 0.170. The van der Waals surface area contributed by atoms with Crippen LogP contribution in [0.5, 0.6) is 0 Å². The minimum absolute atomic E-state index is 0.0152. The third-order valence-corrected chi connectivity index (χ3v) is 5.00. The minimum Gasteiger partial charge on any atom is -0.396 e. The summed E-state index contributed by atoms with van der Waals surface area (Å²) in [6, 6.07) is 0. The SMILES string of the molecule is CC(C)[Si](O)(O)OCCOCC(CCO)OCCOCCO. The number of ether oxygens (including phenoxy) is 3. The molecule has 0 heterocycles. The van der Waals surface area contributed by atoms with E-state index in [9.17, 15) is 9.59 Å². The van der Waals surface area contributed by atoms with E-state index in [0.29, 0.717) is 19.6 Å². The van der Waals surface area contributed by atoms with Gasteiger partial charge in [0.25, 0.3) is 0 Å². The fourth-order valence-electron chi connectivity index (χ4n) is 1.43. The Morgan fingerprint density at radius 1 is 0.864 bits per heavy atom. The van der Waals surface area contributed by atoms with Crippen molar-refractivity contribution in [3.8, 4) is 0 Å². The molecule has 1 atom stereocenters. The van der Waals surface area contributed by atoms with Gasteiger partial charge < -0.3 is 38.4 Å². The van der Waals surface area contributed by atoms with E-state index in [0.717, 1.165) is 0 Å². The first-order chi connectivity index (χ1) is 10.4. The van der Waals surface area contributed by atoms with E-state index in [1.165, 1.54) is 0 Å². The Labute approximate surface area is 133 Å². The molecule has 0 aliphatic rings. The van der Waals surface area contributed by atoms with Gasteiger partial charge in [-0.15, -0.1) is 0 Å². The van der Waals surface area contributed by atoms with Gasteiger partial charge in [0.05, 0.1) is 52.4 Å². The van der Waals surface area contributed by atoms with Crippen molar-refractivity contribution >= 4 is 8.80 Å². The van der Waals surface area contributed by atoms with Crippen molar-refractivity contribution in [2.24, 2.45) is 0 Å². The molecule has 4 N–H and O–H groups in total. The van der Waals surface area contributed by atoms with E-state index in [1.807, 2.05) is 0 Å². The average Bonchev–Trinajstić information content (AvgIpc) is 2.46. The maximum atomic E-state index is 9.60. The van der Waals surface area contributed by atoms with E-state index in [2.05, 4.69) is 0 Å². The lowest BCUT2D eigenvalue weighted by Gasteiger charge is -2.21. The van der Waals surface area contributed by atoms with Crippen LogP contribution in [0.3, 0.4) is 0 Å². The summed E-state index contributed by atoms with van der Waals surface area (Å²) in [7, 11) is -3.60. The molecular formula is C13H30O8Si. The summed E-state index contributed by atoms with van der Waals surface area (Å²) >= 11 is 0. The molecule has 0 bridgehead atoms. The van der Waals surface area contributed by atoms with Crippen LogP contribution in [0.25, 0.3) is 0 Å². The summed E-state index contributed by atoms with van der Waals surface area (Å²) in [5.74, 6) is 0. The standard InChI is InChI=1S/C13H30O8Si/c1-12(2)22(16,17)21-10-8-19-11-13(3-4-14)20-9-7-18-6-5-15/h12-17H,3-11H2,1-2H3. The molecule has 0 rings (SSSR count). The first kappa shape index (κ1) is 21.9. The zero-order valence-corrected chi connectivity index (χ0v) is 14.4. The molecule has 22 heavy (non-hydrogen) atoms. The normalized spacial score (nSPS) is 13.8. The van der Waals surface area contributed by atoms with E-state index in [4.69, 9.17) is 28.8 Å². The molecule has 0 aromatic rings. The molecule has 8 nitrogen and oxygen atoms in total. The smallest absolute Gasteiger partial charge is 0.396 e. The minimum atomic E-state index is -3.60. The van der Waals surface area contributed by atoms with Gasteiger partial charge in [-0.25, -0.2) is 0 Å². The number of aliphatic hydroxyl groups excluding tert-OH is 2. The van der Waals surface area contributed by atoms with Gasteiger partial charge in [0.2, 0.25) is 0 Å². The monoisotopic (exact) mass is 342 g/mol. The Bertz CT molecular complexity index is 252. The van der Waals surface area contributed by atoms with Crippen LogP contribution < -0.4 is 0 Å². The third kappa shape index (κ3) is 11.5. The summed E-state index contributed by atoms with van der Waals surface area (Å²) in [5.41, 5.74) is -0.308. The summed E-state index contributed by atoms with van der Waals surface area (Å²) in [6.45, 7) is 4.91. The number of hydrogen-bond donors (Lipinski definition) is 4. The highest BCUT2D eigenvalue weighted by atomic mass is 28.4. The zero-order valence-electron chi connectivity index (χ0n) is 13.4. The molecule has 134 valence electrons.